The summed E-state index contributed by atoms with van der Waals surface area (Å²) in [6.07, 6.45) is 13.8. The van der Waals surface area contributed by atoms with Crippen LogP contribution in [0.3, 0.4) is 0 Å². The van der Waals surface area contributed by atoms with Gasteiger partial charge in [-0.1, -0.05) is 18.2 Å². The van der Waals surface area contributed by atoms with Gasteiger partial charge in [-0.05, 0) is 54.7 Å². The zero-order valence-electron chi connectivity index (χ0n) is 9.16. The standard InChI is InChI=1S/C15H14N/c1-2-7-15(16-10-3-1)14-9-8-12-5-4-6-13(12)11-14/h1-3,7-8,10-11,16H,4-6H2. The van der Waals surface area contributed by atoms with Crippen molar-refractivity contribution in [3.63, 3.8) is 0 Å². The largest absolute Gasteiger partial charge is 0.361 e. The second-order valence-corrected chi connectivity index (χ2v) is 4.22. The fraction of sp³-hybridized carbons (Fsp3) is 0.200. The van der Waals surface area contributed by atoms with Gasteiger partial charge in [0.25, 0.3) is 0 Å². The molecule has 1 aliphatic carbocycles. The number of aryl methyl sites for hydroxylation is 2. The third-order valence-corrected chi connectivity index (χ3v) is 3.14. The molecule has 1 aromatic carbocycles. The lowest BCUT2D eigenvalue weighted by Crippen LogP contribution is -2.03. The van der Waals surface area contributed by atoms with E-state index in [1.54, 1.807) is 0 Å². The van der Waals surface area contributed by atoms with Gasteiger partial charge in [-0.2, -0.15) is 0 Å². The van der Waals surface area contributed by atoms with E-state index in [0.29, 0.717) is 0 Å². The van der Waals surface area contributed by atoms with E-state index in [9.17, 15) is 0 Å². The van der Waals surface area contributed by atoms with Crippen LogP contribution in [0.1, 0.15) is 23.1 Å². The first-order valence-electron chi connectivity index (χ1n) is 5.77. The van der Waals surface area contributed by atoms with Crippen molar-refractivity contribution in [1.29, 1.82) is 0 Å². The van der Waals surface area contributed by atoms with E-state index in [1.807, 2.05) is 24.4 Å². The molecule has 0 atom stereocenters. The second kappa shape index (κ2) is 4.01. The molecule has 0 unspecified atom stereocenters. The van der Waals surface area contributed by atoms with Gasteiger partial charge in [0, 0.05) is 17.5 Å². The second-order valence-electron chi connectivity index (χ2n) is 4.22. The van der Waals surface area contributed by atoms with Gasteiger partial charge in [0.2, 0.25) is 0 Å². The lowest BCUT2D eigenvalue weighted by atomic mass is 10.0. The van der Waals surface area contributed by atoms with Gasteiger partial charge in [-0.25, -0.2) is 0 Å². The molecule has 0 saturated carbocycles. The number of benzene rings is 1. The Hall–Kier alpha value is -1.76. The first kappa shape index (κ1) is 9.46. The number of allylic oxidation sites excluding steroid dienone is 4. The van der Waals surface area contributed by atoms with Crippen LogP contribution < -0.4 is 5.32 Å². The molecule has 79 valence electrons. The van der Waals surface area contributed by atoms with Crippen LogP contribution >= 0.6 is 0 Å². The molecule has 1 heterocycles. The predicted molar refractivity (Wildman–Crippen MR) is 66.7 cm³/mol. The van der Waals surface area contributed by atoms with Crippen LogP contribution in [0, 0.1) is 6.07 Å². The number of nitrogens with one attached hydrogen (secondary N) is 1. The third kappa shape index (κ3) is 1.69. The monoisotopic (exact) mass is 208 g/mol. The zero-order valence-corrected chi connectivity index (χ0v) is 9.16. The molecule has 2 aliphatic rings. The molecule has 1 aromatic rings. The molecule has 0 bridgehead atoms. The molecule has 1 aliphatic heterocycles. The van der Waals surface area contributed by atoms with E-state index in [4.69, 9.17) is 0 Å². The Morgan fingerprint density at radius 1 is 1.06 bits per heavy atom. The van der Waals surface area contributed by atoms with Crippen molar-refractivity contribution >= 4 is 5.70 Å². The summed E-state index contributed by atoms with van der Waals surface area (Å²) in [7, 11) is 0. The molecule has 0 aromatic heterocycles. The highest BCUT2D eigenvalue weighted by molar-refractivity contribution is 5.67. The first-order valence-corrected chi connectivity index (χ1v) is 5.77. The molecule has 1 nitrogen and oxygen atoms in total. The van der Waals surface area contributed by atoms with E-state index in [2.05, 4.69) is 29.6 Å². The maximum atomic E-state index is 3.37. The van der Waals surface area contributed by atoms with Crippen molar-refractivity contribution in [1.82, 2.24) is 5.32 Å². The predicted octanol–water partition coefficient (Wildman–Crippen LogP) is 2.99. The van der Waals surface area contributed by atoms with Gasteiger partial charge >= 0.3 is 0 Å². The van der Waals surface area contributed by atoms with Crippen LogP contribution in [-0.2, 0) is 12.8 Å². The molecular weight excluding hydrogens is 194 g/mol. The maximum absolute atomic E-state index is 3.37. The van der Waals surface area contributed by atoms with Gasteiger partial charge in [-0.15, -0.1) is 0 Å². The summed E-state index contributed by atoms with van der Waals surface area (Å²) >= 11 is 0. The van der Waals surface area contributed by atoms with Gasteiger partial charge in [0.15, 0.2) is 0 Å². The summed E-state index contributed by atoms with van der Waals surface area (Å²) in [5.74, 6) is 0. The summed E-state index contributed by atoms with van der Waals surface area (Å²) in [4.78, 5) is 0. The quantitative estimate of drug-likeness (QED) is 0.748. The van der Waals surface area contributed by atoms with Gasteiger partial charge in [0.05, 0.1) is 0 Å². The molecule has 1 N–H and O–H groups in total. The van der Waals surface area contributed by atoms with Crippen LogP contribution in [0.5, 0.6) is 0 Å². The summed E-state index contributed by atoms with van der Waals surface area (Å²) < 4.78 is 0. The van der Waals surface area contributed by atoms with E-state index in [0.717, 1.165) is 11.3 Å². The van der Waals surface area contributed by atoms with E-state index < -0.39 is 0 Å². The van der Waals surface area contributed by atoms with Crippen LogP contribution in [0.4, 0.5) is 0 Å². The van der Waals surface area contributed by atoms with Crippen LogP contribution in [0.15, 0.2) is 42.6 Å². The number of hydrogen-bond acceptors (Lipinski definition) is 1. The molecule has 16 heavy (non-hydrogen) atoms. The lowest BCUT2D eigenvalue weighted by Gasteiger charge is -2.08. The molecular formula is C15H14N. The highest BCUT2D eigenvalue weighted by Crippen LogP contribution is 2.25. The Balaban J connectivity index is 1.98. The number of hydrogen-bond donors (Lipinski definition) is 1. The van der Waals surface area contributed by atoms with E-state index >= 15 is 0 Å². The highest BCUT2D eigenvalue weighted by atomic mass is 14.8. The van der Waals surface area contributed by atoms with Crippen molar-refractivity contribution in [3.8, 4) is 0 Å². The van der Waals surface area contributed by atoms with Crippen LogP contribution in [0.25, 0.3) is 5.70 Å². The average Bonchev–Trinajstić information content (AvgIpc) is 2.61. The van der Waals surface area contributed by atoms with Crippen LogP contribution in [-0.4, -0.2) is 0 Å². The first-order chi connectivity index (χ1) is 7.93. The minimum Gasteiger partial charge on any atom is -0.361 e. The van der Waals surface area contributed by atoms with Crippen molar-refractivity contribution in [3.05, 3.63) is 65.4 Å². The molecule has 0 saturated heterocycles. The smallest absolute Gasteiger partial charge is 0.0459 e. The molecule has 0 amide bonds. The summed E-state index contributed by atoms with van der Waals surface area (Å²) in [6.45, 7) is 0. The molecule has 0 fully saturated rings. The number of fused-ring (bicyclic) bond motifs is 1. The lowest BCUT2D eigenvalue weighted by molar-refractivity contribution is 0.911. The Labute approximate surface area is 96.2 Å². The van der Waals surface area contributed by atoms with Crippen molar-refractivity contribution in [2.45, 2.75) is 19.3 Å². The van der Waals surface area contributed by atoms with Crippen LogP contribution in [0.2, 0.25) is 0 Å². The highest BCUT2D eigenvalue weighted by Gasteiger charge is 2.12. The number of rotatable bonds is 1. The summed E-state index contributed by atoms with van der Waals surface area (Å²) in [6, 6.07) is 7.79. The molecule has 1 heteroatoms. The summed E-state index contributed by atoms with van der Waals surface area (Å²) in [5, 5.41) is 3.28. The Bertz CT molecular complexity index is 492. The van der Waals surface area contributed by atoms with E-state index in [-0.39, 0.29) is 0 Å². The fourth-order valence-corrected chi connectivity index (χ4v) is 2.28. The van der Waals surface area contributed by atoms with E-state index in [1.165, 1.54) is 30.4 Å². The molecule has 0 spiro atoms. The van der Waals surface area contributed by atoms with Gasteiger partial charge in [-0.3, -0.25) is 0 Å². The normalized spacial score (nSPS) is 17.6. The van der Waals surface area contributed by atoms with Gasteiger partial charge < -0.3 is 5.32 Å². The summed E-state index contributed by atoms with van der Waals surface area (Å²) in [5.41, 5.74) is 5.26. The minimum absolute atomic E-state index is 1.12. The average molecular weight is 208 g/mol. The van der Waals surface area contributed by atoms with Crippen molar-refractivity contribution in [2.24, 2.45) is 0 Å². The van der Waals surface area contributed by atoms with Gasteiger partial charge in [0.1, 0.15) is 0 Å². The Morgan fingerprint density at radius 2 is 2.00 bits per heavy atom. The SMILES string of the molecule is [c]1cc2c(cc1C1=CC=CC=CN1)CCC2. The Kier molecular flexibility index (Phi) is 2.37. The zero-order chi connectivity index (χ0) is 10.8. The Morgan fingerprint density at radius 3 is 3.00 bits per heavy atom. The molecule has 1 radical (unpaired) electrons. The van der Waals surface area contributed by atoms with Crippen molar-refractivity contribution in [2.75, 3.05) is 0 Å². The van der Waals surface area contributed by atoms with Crippen molar-refractivity contribution < 1.29 is 0 Å². The molecule has 3 rings (SSSR count). The third-order valence-electron chi connectivity index (χ3n) is 3.14. The topological polar surface area (TPSA) is 12.0 Å². The minimum atomic E-state index is 1.12. The maximum Gasteiger partial charge on any atom is 0.0459 e. The fourth-order valence-electron chi connectivity index (χ4n) is 2.28.